The van der Waals surface area contributed by atoms with Gasteiger partial charge in [-0.05, 0) is 98.6 Å². The Bertz CT molecular complexity index is 1530. The summed E-state index contributed by atoms with van der Waals surface area (Å²) in [4.78, 5) is 44.7. The smallest absolute Gasteiger partial charge is 0.412 e. The number of hydrogen-bond donors (Lipinski definition) is 2. The molecule has 0 spiro atoms. The van der Waals surface area contributed by atoms with E-state index in [0.29, 0.717) is 22.9 Å². The van der Waals surface area contributed by atoms with E-state index in [4.69, 9.17) is 25.6 Å². The molecule has 3 aromatic carbocycles. The standard InChI is InChI=1S/C26H27N4O9PS2/c1-17(31)27-19-6-11-22(12-7-19)38-40(41,42-16-18-5-10-21(29(33)34)15-24(18)30(35)36)39-23-13-8-20(9-14-23)28-25(32)37-26(2,3)4/h5-15H,16H2,1-4H3,(H,27,31)(H,28,32). The minimum Gasteiger partial charge on any atom is -0.444 e. The van der Waals surface area contributed by atoms with Crippen molar-refractivity contribution < 1.29 is 33.2 Å². The van der Waals surface area contributed by atoms with Crippen LogP contribution in [0.25, 0.3) is 0 Å². The highest BCUT2D eigenvalue weighted by atomic mass is 32.9. The van der Waals surface area contributed by atoms with Crippen LogP contribution in [0.4, 0.5) is 27.5 Å². The molecule has 1 atom stereocenters. The monoisotopic (exact) mass is 634 g/mol. The van der Waals surface area contributed by atoms with E-state index < -0.39 is 38.6 Å². The predicted molar refractivity (Wildman–Crippen MR) is 164 cm³/mol. The van der Waals surface area contributed by atoms with E-state index >= 15 is 0 Å². The van der Waals surface area contributed by atoms with Gasteiger partial charge in [-0.1, -0.05) is 0 Å². The van der Waals surface area contributed by atoms with Crippen molar-refractivity contribution >= 4 is 63.6 Å². The van der Waals surface area contributed by atoms with Gasteiger partial charge in [-0.15, -0.1) is 0 Å². The number of nitro groups is 2. The molecule has 16 heteroatoms. The van der Waals surface area contributed by atoms with Gasteiger partial charge in [-0.25, -0.2) is 4.79 Å². The van der Waals surface area contributed by atoms with Crippen molar-refractivity contribution in [1.29, 1.82) is 0 Å². The van der Waals surface area contributed by atoms with Gasteiger partial charge >= 0.3 is 11.8 Å². The molecule has 0 saturated heterocycles. The van der Waals surface area contributed by atoms with Gasteiger partial charge in [-0.3, -0.25) is 30.3 Å². The van der Waals surface area contributed by atoms with Gasteiger partial charge in [0.2, 0.25) is 5.91 Å². The van der Waals surface area contributed by atoms with Crippen molar-refractivity contribution in [2.24, 2.45) is 0 Å². The number of anilines is 2. The zero-order valence-corrected chi connectivity index (χ0v) is 25.4. The van der Waals surface area contributed by atoms with Gasteiger partial charge < -0.3 is 19.1 Å². The van der Waals surface area contributed by atoms with E-state index in [1.807, 2.05) is 0 Å². The molecule has 222 valence electrons. The van der Waals surface area contributed by atoms with Crippen molar-refractivity contribution in [3.05, 3.63) is 92.5 Å². The molecule has 0 radical (unpaired) electrons. The Morgan fingerprint density at radius 3 is 1.86 bits per heavy atom. The molecule has 0 aliphatic heterocycles. The second-order valence-electron chi connectivity index (χ2n) is 9.59. The lowest BCUT2D eigenvalue weighted by atomic mass is 10.2. The molecule has 3 rings (SSSR count). The maximum absolute atomic E-state index is 12.1. The molecule has 13 nitrogen and oxygen atoms in total. The van der Waals surface area contributed by atoms with E-state index in [-0.39, 0.29) is 17.2 Å². The fourth-order valence-corrected chi connectivity index (χ4v) is 7.42. The van der Waals surface area contributed by atoms with Crippen LogP contribution in [-0.4, -0.2) is 27.4 Å². The van der Waals surface area contributed by atoms with Crippen molar-refractivity contribution in [2.75, 3.05) is 10.6 Å². The molecule has 42 heavy (non-hydrogen) atoms. The summed E-state index contributed by atoms with van der Waals surface area (Å²) in [5.74, 6) is 0.324. The Kier molecular flexibility index (Phi) is 10.5. The van der Waals surface area contributed by atoms with E-state index in [9.17, 15) is 29.8 Å². The molecule has 2 N–H and O–H groups in total. The Balaban J connectivity index is 1.85. The van der Waals surface area contributed by atoms with Gasteiger partial charge in [0.25, 0.3) is 11.4 Å². The highest BCUT2D eigenvalue weighted by molar-refractivity contribution is 8.67. The van der Waals surface area contributed by atoms with E-state index in [1.54, 1.807) is 69.3 Å². The fourth-order valence-electron chi connectivity index (χ4n) is 3.26. The summed E-state index contributed by atoms with van der Waals surface area (Å²) < 4.78 is 17.4. The number of rotatable bonds is 11. The first-order valence-electron chi connectivity index (χ1n) is 12.2. The number of benzene rings is 3. The van der Waals surface area contributed by atoms with Crippen LogP contribution < -0.4 is 19.7 Å². The Hall–Kier alpha value is -4.20. The molecule has 0 aliphatic rings. The maximum Gasteiger partial charge on any atom is 0.412 e. The molecule has 0 heterocycles. The van der Waals surface area contributed by atoms with Crippen molar-refractivity contribution in [3.63, 3.8) is 0 Å². The Labute approximate surface area is 250 Å². The molecule has 2 amide bonds. The summed E-state index contributed by atoms with van der Waals surface area (Å²) in [6.45, 7) is 6.60. The van der Waals surface area contributed by atoms with Gasteiger partial charge in [-0.2, -0.15) is 0 Å². The SMILES string of the molecule is CC(=O)Nc1ccc(OP(=S)(Oc2ccc(NC(=O)OC(C)(C)C)cc2)SCc2ccc([N+](=O)[O-])cc2[N+](=O)[O-])cc1. The lowest BCUT2D eigenvalue weighted by molar-refractivity contribution is -0.394. The fraction of sp³-hybridized carbons (Fsp3) is 0.231. The Morgan fingerprint density at radius 1 is 0.881 bits per heavy atom. The number of non-ortho nitro benzene ring substituents is 1. The van der Waals surface area contributed by atoms with Gasteiger partial charge in [0, 0.05) is 35.7 Å². The third-order valence-corrected chi connectivity index (χ3v) is 9.77. The first-order valence-corrected chi connectivity index (χ1v) is 16.4. The summed E-state index contributed by atoms with van der Waals surface area (Å²) in [6.07, 6.45) is -0.632. The molecule has 0 aliphatic carbocycles. The summed E-state index contributed by atoms with van der Waals surface area (Å²) >= 11 is 6.79. The van der Waals surface area contributed by atoms with Crippen LogP contribution >= 0.6 is 17.1 Å². The normalized spacial score (nSPS) is 12.4. The number of nitro benzene ring substituents is 2. The topological polar surface area (TPSA) is 172 Å². The Morgan fingerprint density at radius 2 is 1.40 bits per heavy atom. The molecular weight excluding hydrogens is 607 g/mol. The minimum atomic E-state index is -3.33. The quantitative estimate of drug-likeness (QED) is 0.122. The lowest BCUT2D eigenvalue weighted by Crippen LogP contribution is -2.27. The summed E-state index contributed by atoms with van der Waals surface area (Å²) in [5, 5.41) is 28.0. The van der Waals surface area contributed by atoms with E-state index in [1.165, 1.54) is 19.1 Å². The number of amides is 2. The average molecular weight is 635 g/mol. The predicted octanol–water partition coefficient (Wildman–Crippen LogP) is 7.42. The van der Waals surface area contributed by atoms with Crippen LogP contribution in [0.3, 0.4) is 0 Å². The number of ether oxygens (including phenoxy) is 1. The number of nitrogens with zero attached hydrogens (tertiary/aromatic N) is 2. The zero-order valence-electron chi connectivity index (χ0n) is 22.9. The van der Waals surface area contributed by atoms with Gasteiger partial charge in [0.1, 0.15) is 17.1 Å². The molecule has 1 unspecified atom stereocenters. The highest BCUT2D eigenvalue weighted by Crippen LogP contribution is 2.61. The minimum absolute atomic E-state index is 0.0478. The first-order chi connectivity index (χ1) is 19.6. The molecule has 0 saturated carbocycles. The third kappa shape index (κ3) is 10.0. The van der Waals surface area contributed by atoms with Crippen LogP contribution in [0, 0.1) is 20.2 Å². The zero-order chi connectivity index (χ0) is 31.1. The summed E-state index contributed by atoms with van der Waals surface area (Å²) in [5.41, 5.74) is -3.69. The van der Waals surface area contributed by atoms with Crippen molar-refractivity contribution in [3.8, 4) is 11.5 Å². The van der Waals surface area contributed by atoms with Crippen LogP contribution in [0.2, 0.25) is 0 Å². The third-order valence-electron chi connectivity index (χ3n) is 4.96. The van der Waals surface area contributed by atoms with Crippen LogP contribution in [0.5, 0.6) is 11.5 Å². The van der Waals surface area contributed by atoms with E-state index in [2.05, 4.69) is 10.6 Å². The largest absolute Gasteiger partial charge is 0.444 e. The maximum atomic E-state index is 12.1. The summed E-state index contributed by atoms with van der Waals surface area (Å²) in [6, 6.07) is 16.0. The highest BCUT2D eigenvalue weighted by Gasteiger charge is 2.28. The van der Waals surface area contributed by atoms with Crippen LogP contribution in [0.15, 0.2) is 66.7 Å². The molecule has 0 aromatic heterocycles. The molecule has 0 bridgehead atoms. The molecular formula is C26H27N4O9PS2. The van der Waals surface area contributed by atoms with Crippen LogP contribution in [0.1, 0.15) is 33.3 Å². The molecule has 0 fully saturated rings. The second kappa shape index (κ2) is 13.6. The van der Waals surface area contributed by atoms with Gasteiger partial charge in [0.15, 0.2) is 0 Å². The number of hydrogen-bond acceptors (Lipinski definition) is 11. The summed E-state index contributed by atoms with van der Waals surface area (Å²) in [7, 11) is 0. The van der Waals surface area contributed by atoms with Crippen molar-refractivity contribution in [2.45, 2.75) is 39.0 Å². The number of carbonyl (C=O) groups excluding carboxylic acids is 2. The van der Waals surface area contributed by atoms with Gasteiger partial charge in [0.05, 0.1) is 15.9 Å². The van der Waals surface area contributed by atoms with Crippen molar-refractivity contribution in [1.82, 2.24) is 0 Å². The lowest BCUT2D eigenvalue weighted by Gasteiger charge is -2.23. The second-order valence-corrected chi connectivity index (χ2v) is 15.7. The average Bonchev–Trinajstić information content (AvgIpc) is 2.88. The van der Waals surface area contributed by atoms with E-state index in [0.717, 1.165) is 17.4 Å². The number of carbonyl (C=O) groups is 2. The van der Waals surface area contributed by atoms with Crippen LogP contribution in [-0.2, 0) is 27.1 Å². The number of nitrogens with one attached hydrogen (secondary N) is 2. The molecule has 3 aromatic rings. The first kappa shape index (κ1) is 32.3.